The fraction of sp³-hybridized carbons (Fsp3) is 0.556. The van der Waals surface area contributed by atoms with E-state index in [1.54, 1.807) is 11.8 Å². The van der Waals surface area contributed by atoms with Crippen LogP contribution in [-0.4, -0.2) is 53.0 Å². The molecular weight excluding hydrogens is 308 g/mol. The van der Waals surface area contributed by atoms with E-state index in [1.165, 1.54) is 4.90 Å². The van der Waals surface area contributed by atoms with E-state index in [0.717, 1.165) is 5.56 Å². The monoisotopic (exact) mass is 334 g/mol. The van der Waals surface area contributed by atoms with Gasteiger partial charge in [-0.15, -0.1) is 11.8 Å². The highest BCUT2D eigenvalue weighted by Gasteiger charge is 2.25. The number of piperazine rings is 1. The van der Waals surface area contributed by atoms with Gasteiger partial charge in [-0.3, -0.25) is 9.59 Å². The van der Waals surface area contributed by atoms with Gasteiger partial charge < -0.3 is 9.80 Å². The summed E-state index contributed by atoms with van der Waals surface area (Å²) in [5.74, 6) is 0.248. The summed E-state index contributed by atoms with van der Waals surface area (Å²) in [6.45, 7) is 10.6. The zero-order valence-electron chi connectivity index (χ0n) is 14.4. The fourth-order valence-corrected chi connectivity index (χ4v) is 3.46. The Balaban J connectivity index is 1.93. The minimum atomic E-state index is 0.0169. The highest BCUT2D eigenvalue weighted by molar-refractivity contribution is 7.99. The SMILES string of the molecule is CC(C)Sc1ccc(C(=O)N2CCN(C(=O)C(C)C)CC2)cc1. The molecule has 1 aliphatic heterocycles. The summed E-state index contributed by atoms with van der Waals surface area (Å²) in [6, 6.07) is 7.82. The first-order chi connectivity index (χ1) is 10.9. The first-order valence-corrected chi connectivity index (χ1v) is 9.11. The Morgan fingerprint density at radius 3 is 1.91 bits per heavy atom. The lowest BCUT2D eigenvalue weighted by Gasteiger charge is -2.35. The first kappa shape index (κ1) is 17.9. The summed E-state index contributed by atoms with van der Waals surface area (Å²) in [6.07, 6.45) is 0. The van der Waals surface area contributed by atoms with Gasteiger partial charge in [0.25, 0.3) is 5.91 Å². The predicted octanol–water partition coefficient (Wildman–Crippen LogP) is 3.13. The lowest BCUT2D eigenvalue weighted by atomic mass is 10.1. The molecule has 0 unspecified atom stereocenters. The van der Waals surface area contributed by atoms with Crippen LogP contribution in [-0.2, 0) is 4.79 Å². The molecule has 0 aliphatic carbocycles. The lowest BCUT2D eigenvalue weighted by molar-refractivity contribution is -0.135. The molecule has 1 saturated heterocycles. The minimum Gasteiger partial charge on any atom is -0.339 e. The lowest BCUT2D eigenvalue weighted by Crippen LogP contribution is -2.51. The number of hydrogen-bond acceptors (Lipinski definition) is 3. The number of hydrogen-bond donors (Lipinski definition) is 0. The molecule has 1 fully saturated rings. The quantitative estimate of drug-likeness (QED) is 0.794. The summed E-state index contributed by atoms with van der Waals surface area (Å²) in [7, 11) is 0. The third kappa shape index (κ3) is 4.74. The number of benzene rings is 1. The molecule has 4 nitrogen and oxygen atoms in total. The summed E-state index contributed by atoms with van der Waals surface area (Å²) in [5, 5.41) is 0.531. The van der Waals surface area contributed by atoms with Crippen molar-refractivity contribution in [3.05, 3.63) is 29.8 Å². The predicted molar refractivity (Wildman–Crippen MR) is 94.8 cm³/mol. The molecule has 1 aliphatic rings. The van der Waals surface area contributed by atoms with Crippen LogP contribution < -0.4 is 0 Å². The molecular formula is C18H26N2O2S. The van der Waals surface area contributed by atoms with Gasteiger partial charge in [0, 0.05) is 47.8 Å². The van der Waals surface area contributed by atoms with Crippen LogP contribution in [0.15, 0.2) is 29.2 Å². The highest BCUT2D eigenvalue weighted by Crippen LogP contribution is 2.23. The largest absolute Gasteiger partial charge is 0.339 e. The number of nitrogens with zero attached hydrogens (tertiary/aromatic N) is 2. The molecule has 2 amide bonds. The van der Waals surface area contributed by atoms with Crippen LogP contribution >= 0.6 is 11.8 Å². The Morgan fingerprint density at radius 2 is 1.43 bits per heavy atom. The van der Waals surface area contributed by atoms with Crippen molar-refractivity contribution in [1.82, 2.24) is 9.80 Å². The van der Waals surface area contributed by atoms with Crippen molar-refractivity contribution in [3.8, 4) is 0 Å². The van der Waals surface area contributed by atoms with Gasteiger partial charge in [-0.1, -0.05) is 27.7 Å². The van der Waals surface area contributed by atoms with Gasteiger partial charge in [-0.25, -0.2) is 0 Å². The maximum Gasteiger partial charge on any atom is 0.253 e. The van der Waals surface area contributed by atoms with E-state index in [9.17, 15) is 9.59 Å². The van der Waals surface area contributed by atoms with Gasteiger partial charge in [0.15, 0.2) is 0 Å². The zero-order chi connectivity index (χ0) is 17.0. The van der Waals surface area contributed by atoms with Crippen LogP contribution in [0.1, 0.15) is 38.1 Å². The minimum absolute atomic E-state index is 0.0169. The van der Waals surface area contributed by atoms with Gasteiger partial charge in [0.2, 0.25) is 5.91 Å². The standard InChI is InChI=1S/C18H26N2O2S/c1-13(2)17(21)19-9-11-20(12-10-19)18(22)15-5-7-16(8-6-15)23-14(3)4/h5-8,13-14H,9-12H2,1-4H3. The van der Waals surface area contributed by atoms with E-state index in [1.807, 2.05) is 47.9 Å². The van der Waals surface area contributed by atoms with E-state index in [0.29, 0.717) is 31.4 Å². The van der Waals surface area contributed by atoms with Gasteiger partial charge in [0.1, 0.15) is 0 Å². The van der Waals surface area contributed by atoms with E-state index in [-0.39, 0.29) is 17.7 Å². The van der Waals surface area contributed by atoms with Gasteiger partial charge in [-0.2, -0.15) is 0 Å². The molecule has 0 N–H and O–H groups in total. The number of rotatable bonds is 4. The summed E-state index contributed by atoms with van der Waals surface area (Å²) in [5.41, 5.74) is 0.724. The third-order valence-corrected chi connectivity index (χ3v) is 4.86. The van der Waals surface area contributed by atoms with E-state index in [4.69, 9.17) is 0 Å². The van der Waals surface area contributed by atoms with Crippen LogP contribution in [0.5, 0.6) is 0 Å². The molecule has 0 bridgehead atoms. The second-order valence-corrected chi connectivity index (χ2v) is 8.11. The second-order valence-electron chi connectivity index (χ2n) is 6.46. The smallest absolute Gasteiger partial charge is 0.253 e. The van der Waals surface area contributed by atoms with Crippen molar-refractivity contribution in [2.75, 3.05) is 26.2 Å². The molecule has 23 heavy (non-hydrogen) atoms. The summed E-state index contributed by atoms with van der Waals surface area (Å²) in [4.78, 5) is 29.4. The Kier molecular flexibility index (Phi) is 6.10. The van der Waals surface area contributed by atoms with Gasteiger partial charge in [-0.05, 0) is 24.3 Å². The van der Waals surface area contributed by atoms with Gasteiger partial charge >= 0.3 is 0 Å². The Bertz CT molecular complexity index is 547. The molecule has 0 spiro atoms. The number of carbonyl (C=O) groups is 2. The fourth-order valence-electron chi connectivity index (χ4n) is 2.63. The van der Waals surface area contributed by atoms with E-state index < -0.39 is 0 Å². The normalized spacial score (nSPS) is 15.4. The highest BCUT2D eigenvalue weighted by atomic mass is 32.2. The summed E-state index contributed by atoms with van der Waals surface area (Å²) < 4.78 is 0. The van der Waals surface area contributed by atoms with Crippen molar-refractivity contribution >= 4 is 23.6 Å². The molecule has 2 rings (SSSR count). The molecule has 126 valence electrons. The molecule has 0 saturated carbocycles. The maximum absolute atomic E-state index is 12.6. The average Bonchev–Trinajstić information content (AvgIpc) is 2.53. The van der Waals surface area contributed by atoms with Crippen LogP contribution in [0.4, 0.5) is 0 Å². The summed E-state index contributed by atoms with van der Waals surface area (Å²) >= 11 is 1.79. The topological polar surface area (TPSA) is 40.6 Å². The van der Waals surface area contributed by atoms with E-state index >= 15 is 0 Å². The van der Waals surface area contributed by atoms with Crippen molar-refractivity contribution in [3.63, 3.8) is 0 Å². The third-order valence-electron chi connectivity index (χ3n) is 3.85. The van der Waals surface area contributed by atoms with Crippen LogP contribution in [0.3, 0.4) is 0 Å². The Hall–Kier alpha value is -1.49. The van der Waals surface area contributed by atoms with Crippen LogP contribution in [0.2, 0.25) is 0 Å². The Labute approximate surface area is 143 Å². The molecule has 1 aromatic rings. The zero-order valence-corrected chi connectivity index (χ0v) is 15.2. The number of amides is 2. The van der Waals surface area contributed by atoms with Crippen molar-refractivity contribution < 1.29 is 9.59 Å². The van der Waals surface area contributed by atoms with Crippen molar-refractivity contribution in [1.29, 1.82) is 0 Å². The van der Waals surface area contributed by atoms with Crippen LogP contribution in [0.25, 0.3) is 0 Å². The molecule has 1 heterocycles. The average molecular weight is 334 g/mol. The Morgan fingerprint density at radius 1 is 0.913 bits per heavy atom. The first-order valence-electron chi connectivity index (χ1n) is 8.23. The van der Waals surface area contributed by atoms with Crippen LogP contribution in [0, 0.1) is 5.92 Å². The molecule has 1 aromatic carbocycles. The molecule has 0 atom stereocenters. The number of carbonyl (C=O) groups excluding carboxylic acids is 2. The van der Waals surface area contributed by atoms with Crippen molar-refractivity contribution in [2.24, 2.45) is 5.92 Å². The molecule has 0 aromatic heterocycles. The number of thioether (sulfide) groups is 1. The second kappa shape index (κ2) is 7.86. The molecule has 0 radical (unpaired) electrons. The van der Waals surface area contributed by atoms with E-state index in [2.05, 4.69) is 13.8 Å². The van der Waals surface area contributed by atoms with Crippen molar-refractivity contribution in [2.45, 2.75) is 37.8 Å². The molecule has 5 heteroatoms. The van der Waals surface area contributed by atoms with Gasteiger partial charge in [0.05, 0.1) is 0 Å². The maximum atomic E-state index is 12.6.